The van der Waals surface area contributed by atoms with E-state index in [4.69, 9.17) is 9.47 Å². The van der Waals surface area contributed by atoms with E-state index < -0.39 is 11.2 Å². The predicted octanol–water partition coefficient (Wildman–Crippen LogP) is 2.61. The van der Waals surface area contributed by atoms with Gasteiger partial charge >= 0.3 is 5.69 Å². The third-order valence-electron chi connectivity index (χ3n) is 6.39. The summed E-state index contributed by atoms with van der Waals surface area (Å²) in [6.45, 7) is 8.64. The minimum Gasteiger partial charge on any atom is -0.490 e. The van der Waals surface area contributed by atoms with Gasteiger partial charge in [0.05, 0.1) is 24.1 Å². The van der Waals surface area contributed by atoms with Crippen LogP contribution in [0.3, 0.4) is 0 Å². The number of amides is 1. The van der Waals surface area contributed by atoms with Gasteiger partial charge in [0.2, 0.25) is 5.91 Å². The number of nitrogens with zero attached hydrogens (tertiary/aromatic N) is 3. The minimum absolute atomic E-state index is 0.0552. The van der Waals surface area contributed by atoms with E-state index in [1.165, 1.54) is 5.56 Å². The van der Waals surface area contributed by atoms with Crippen LogP contribution < -0.4 is 20.7 Å². The van der Waals surface area contributed by atoms with Gasteiger partial charge < -0.3 is 19.4 Å². The quantitative estimate of drug-likeness (QED) is 0.466. The zero-order valence-electron chi connectivity index (χ0n) is 21.0. The molecule has 1 aliphatic heterocycles. The Hall–Kier alpha value is -3.59. The summed E-state index contributed by atoms with van der Waals surface area (Å²) in [5.41, 5.74) is 0.768. The molecule has 0 bridgehead atoms. The normalized spacial score (nSPS) is 14.2. The molecule has 0 aliphatic carbocycles. The van der Waals surface area contributed by atoms with Crippen molar-refractivity contribution in [2.45, 2.75) is 39.8 Å². The van der Waals surface area contributed by atoms with Gasteiger partial charge in [-0.3, -0.25) is 19.1 Å². The van der Waals surface area contributed by atoms with Crippen molar-refractivity contribution in [3.05, 3.63) is 68.9 Å². The van der Waals surface area contributed by atoms with E-state index in [1.807, 2.05) is 36.9 Å². The van der Waals surface area contributed by atoms with E-state index in [9.17, 15) is 14.4 Å². The van der Waals surface area contributed by atoms with Crippen molar-refractivity contribution in [1.82, 2.24) is 19.4 Å². The van der Waals surface area contributed by atoms with Crippen LogP contribution in [0, 0.1) is 0 Å². The summed E-state index contributed by atoms with van der Waals surface area (Å²) in [6.07, 6.45) is 0.697. The van der Waals surface area contributed by atoms with Crippen molar-refractivity contribution >= 4 is 16.8 Å². The Balaban J connectivity index is 1.36. The Labute approximate surface area is 210 Å². The lowest BCUT2D eigenvalue weighted by atomic mass is 10.2. The van der Waals surface area contributed by atoms with Gasteiger partial charge in [0.25, 0.3) is 5.56 Å². The minimum atomic E-state index is -0.499. The van der Waals surface area contributed by atoms with Gasteiger partial charge in [-0.25, -0.2) is 4.79 Å². The zero-order chi connectivity index (χ0) is 25.5. The molecule has 0 atom stereocenters. The second-order valence-electron chi connectivity index (χ2n) is 8.84. The fourth-order valence-electron chi connectivity index (χ4n) is 4.54. The number of aromatic nitrogens is 2. The van der Waals surface area contributed by atoms with Crippen LogP contribution in [-0.2, 0) is 17.9 Å². The first-order chi connectivity index (χ1) is 17.5. The number of carbonyl (C=O) groups excluding carboxylic acids is 1. The molecule has 9 heteroatoms. The molecule has 1 amide bonds. The van der Waals surface area contributed by atoms with Crippen LogP contribution in [-0.4, -0.2) is 64.7 Å². The topological polar surface area (TPSA) is 96.9 Å². The lowest BCUT2D eigenvalue weighted by Crippen LogP contribution is -2.48. The van der Waals surface area contributed by atoms with E-state index >= 15 is 0 Å². The van der Waals surface area contributed by atoms with Crippen LogP contribution in [0.4, 0.5) is 0 Å². The van der Waals surface area contributed by atoms with Crippen molar-refractivity contribution in [3.8, 4) is 11.5 Å². The number of piperazine rings is 1. The fourth-order valence-corrected chi connectivity index (χ4v) is 4.54. The maximum atomic E-state index is 13.1. The Bertz CT molecular complexity index is 1290. The molecule has 1 fully saturated rings. The van der Waals surface area contributed by atoms with Crippen LogP contribution in [0.1, 0.15) is 32.3 Å². The molecule has 0 spiro atoms. The van der Waals surface area contributed by atoms with Crippen LogP contribution in [0.2, 0.25) is 0 Å². The summed E-state index contributed by atoms with van der Waals surface area (Å²) in [6, 6.07) is 13.5. The number of rotatable bonds is 10. The average molecular weight is 495 g/mol. The molecule has 36 heavy (non-hydrogen) atoms. The Morgan fingerprint density at radius 3 is 2.28 bits per heavy atom. The SMILES string of the molecule is CCOc1cc2[nH]c(=O)n(CCCC(=O)N3CCN(Cc4ccccc4)CC3)c(=O)c2cc1OCC. The molecule has 2 heterocycles. The molecule has 2 aromatic carbocycles. The highest BCUT2D eigenvalue weighted by atomic mass is 16.5. The van der Waals surface area contributed by atoms with E-state index in [-0.39, 0.29) is 18.9 Å². The number of benzene rings is 2. The molecule has 9 nitrogen and oxygen atoms in total. The largest absolute Gasteiger partial charge is 0.490 e. The number of hydrogen-bond donors (Lipinski definition) is 1. The first kappa shape index (κ1) is 25.5. The fraction of sp³-hybridized carbons (Fsp3) is 0.444. The number of fused-ring (bicyclic) bond motifs is 1. The molecular formula is C27H34N4O5. The standard InChI is InChI=1S/C27H34N4O5/c1-3-35-23-17-21-22(18-24(23)36-4-2)28-27(34)31(26(21)33)12-8-11-25(32)30-15-13-29(14-16-30)19-20-9-6-5-7-10-20/h5-7,9-10,17-18H,3-4,8,11-16,19H2,1-2H3,(H,28,34). The molecule has 0 saturated carbocycles. The third-order valence-corrected chi connectivity index (χ3v) is 6.39. The van der Waals surface area contributed by atoms with Gasteiger partial charge in [0.15, 0.2) is 11.5 Å². The number of ether oxygens (including phenoxy) is 2. The lowest BCUT2D eigenvalue weighted by molar-refractivity contribution is -0.133. The highest BCUT2D eigenvalue weighted by Gasteiger charge is 2.21. The molecule has 4 rings (SSSR count). The third kappa shape index (κ3) is 5.96. The second kappa shape index (κ2) is 11.9. The molecular weight excluding hydrogens is 460 g/mol. The maximum absolute atomic E-state index is 13.1. The van der Waals surface area contributed by atoms with Gasteiger partial charge in [-0.15, -0.1) is 0 Å². The summed E-state index contributed by atoms with van der Waals surface area (Å²) >= 11 is 0. The monoisotopic (exact) mass is 494 g/mol. The number of carbonyl (C=O) groups is 1. The Morgan fingerprint density at radius 1 is 0.944 bits per heavy atom. The van der Waals surface area contributed by atoms with Crippen LogP contribution >= 0.6 is 0 Å². The van der Waals surface area contributed by atoms with Crippen LogP contribution in [0.5, 0.6) is 11.5 Å². The van der Waals surface area contributed by atoms with Crippen molar-refractivity contribution in [1.29, 1.82) is 0 Å². The van der Waals surface area contributed by atoms with Crippen molar-refractivity contribution < 1.29 is 14.3 Å². The molecule has 192 valence electrons. The maximum Gasteiger partial charge on any atom is 0.328 e. The summed E-state index contributed by atoms with van der Waals surface area (Å²) in [7, 11) is 0. The van der Waals surface area contributed by atoms with Gasteiger partial charge in [0, 0.05) is 51.8 Å². The number of nitrogens with one attached hydrogen (secondary N) is 1. The first-order valence-corrected chi connectivity index (χ1v) is 12.6. The van der Waals surface area contributed by atoms with E-state index in [1.54, 1.807) is 12.1 Å². The van der Waals surface area contributed by atoms with Crippen molar-refractivity contribution in [2.75, 3.05) is 39.4 Å². The van der Waals surface area contributed by atoms with E-state index in [0.29, 0.717) is 55.1 Å². The highest BCUT2D eigenvalue weighted by Crippen LogP contribution is 2.30. The van der Waals surface area contributed by atoms with Gasteiger partial charge in [-0.1, -0.05) is 30.3 Å². The number of aromatic amines is 1. The smallest absolute Gasteiger partial charge is 0.328 e. The number of H-pyrrole nitrogens is 1. The molecule has 1 aliphatic rings. The van der Waals surface area contributed by atoms with Gasteiger partial charge in [0.1, 0.15) is 0 Å². The molecule has 0 radical (unpaired) electrons. The van der Waals surface area contributed by atoms with Gasteiger partial charge in [-0.05, 0) is 31.9 Å². The summed E-state index contributed by atoms with van der Waals surface area (Å²) in [5.74, 6) is 0.998. The van der Waals surface area contributed by atoms with Crippen LogP contribution in [0.15, 0.2) is 52.1 Å². The molecule has 3 aromatic rings. The van der Waals surface area contributed by atoms with Crippen molar-refractivity contribution in [3.63, 3.8) is 0 Å². The highest BCUT2D eigenvalue weighted by molar-refractivity contribution is 5.81. The Kier molecular flexibility index (Phi) is 8.43. The summed E-state index contributed by atoms with van der Waals surface area (Å²) < 4.78 is 12.4. The second-order valence-corrected chi connectivity index (χ2v) is 8.84. The average Bonchev–Trinajstić information content (AvgIpc) is 2.88. The van der Waals surface area contributed by atoms with Gasteiger partial charge in [-0.2, -0.15) is 0 Å². The van der Waals surface area contributed by atoms with E-state index in [2.05, 4.69) is 22.0 Å². The Morgan fingerprint density at radius 2 is 1.61 bits per heavy atom. The lowest BCUT2D eigenvalue weighted by Gasteiger charge is -2.34. The summed E-state index contributed by atoms with van der Waals surface area (Å²) in [5, 5.41) is 0.349. The van der Waals surface area contributed by atoms with Crippen LogP contribution in [0.25, 0.3) is 10.9 Å². The zero-order valence-corrected chi connectivity index (χ0v) is 21.0. The molecule has 1 saturated heterocycles. The number of hydrogen-bond acceptors (Lipinski definition) is 6. The molecule has 1 aromatic heterocycles. The molecule has 1 N–H and O–H groups in total. The van der Waals surface area contributed by atoms with Crippen molar-refractivity contribution in [2.24, 2.45) is 0 Å². The first-order valence-electron chi connectivity index (χ1n) is 12.6. The predicted molar refractivity (Wildman–Crippen MR) is 139 cm³/mol. The molecule has 0 unspecified atom stereocenters. The van der Waals surface area contributed by atoms with E-state index in [0.717, 1.165) is 24.2 Å². The summed E-state index contributed by atoms with van der Waals surface area (Å²) in [4.78, 5) is 45.5.